The molecule has 37 nitrogen and oxygen atoms in total. The Bertz CT molecular complexity index is 3660. The first-order valence-electron chi connectivity index (χ1n) is 36.8. The Morgan fingerprint density at radius 1 is 0.396 bits per heavy atom. The topological polar surface area (TPSA) is 556 Å². The number of rotatable bonds is 46. The van der Waals surface area contributed by atoms with E-state index in [-0.39, 0.29) is 155 Å². The Morgan fingerprint density at radius 2 is 0.847 bits per heavy atom. The van der Waals surface area contributed by atoms with E-state index in [4.69, 9.17) is 5.11 Å². The van der Waals surface area contributed by atoms with Crippen LogP contribution in [0.5, 0.6) is 0 Å². The molecule has 6 atom stereocenters. The molecule has 17 N–H and O–H groups in total. The molecule has 0 spiro atoms. The molecule has 1 heterocycles. The minimum absolute atomic E-state index is 0.0242. The number of nitrogens with one attached hydrogen (secondary N) is 9. The van der Waals surface area contributed by atoms with Gasteiger partial charge in [-0.15, -0.1) is 0 Å². The van der Waals surface area contributed by atoms with Crippen molar-refractivity contribution in [3.8, 4) is 0 Å². The maximum absolute atomic E-state index is 14.2. The van der Waals surface area contributed by atoms with Crippen molar-refractivity contribution in [3.63, 3.8) is 0 Å². The predicted octanol–water partition coefficient (Wildman–Crippen LogP) is -0.0602. The number of nitrogens with zero attached hydrogens (tertiary/aromatic N) is 4. The molecule has 1 saturated carbocycles. The molecule has 3 aromatic rings. The molecular weight excluding hydrogens is 1570 g/mol. The summed E-state index contributed by atoms with van der Waals surface area (Å²) in [6, 6.07) is 10.4. The highest BCUT2D eigenvalue weighted by atomic mass is 127. The van der Waals surface area contributed by atoms with Crippen molar-refractivity contribution in [2.24, 2.45) is 11.8 Å². The summed E-state index contributed by atoms with van der Waals surface area (Å²) in [5, 5.41) is 101. The van der Waals surface area contributed by atoms with Gasteiger partial charge in [-0.05, 0) is 146 Å². The molecule has 610 valence electrons. The Balaban J connectivity index is 1.22. The molecule has 111 heavy (non-hydrogen) atoms. The van der Waals surface area contributed by atoms with Gasteiger partial charge in [-0.2, -0.15) is 0 Å². The van der Waals surface area contributed by atoms with Crippen molar-refractivity contribution in [3.05, 3.63) is 81.4 Å². The lowest BCUT2D eigenvalue weighted by atomic mass is 9.81. The number of carbonyl (C=O) groups excluding carboxylic acids is 8. The van der Waals surface area contributed by atoms with Gasteiger partial charge in [0.15, 0.2) is 0 Å². The van der Waals surface area contributed by atoms with E-state index in [0.29, 0.717) is 38.5 Å². The Kier molecular flexibility index (Phi) is 39.9. The quantitative estimate of drug-likeness (QED) is 0.0260. The summed E-state index contributed by atoms with van der Waals surface area (Å²) < 4.78 is 1.01. The van der Waals surface area contributed by atoms with Crippen molar-refractivity contribution in [1.29, 1.82) is 0 Å². The van der Waals surface area contributed by atoms with E-state index in [1.807, 2.05) is 66.7 Å². The van der Waals surface area contributed by atoms with Crippen molar-refractivity contribution < 1.29 is 118 Å². The average molecular weight is 1670 g/mol. The van der Waals surface area contributed by atoms with Gasteiger partial charge < -0.3 is 88.7 Å². The summed E-state index contributed by atoms with van der Waals surface area (Å²) in [5.74, 6) is -16.6. The highest BCUT2D eigenvalue weighted by molar-refractivity contribution is 14.1. The lowest BCUT2D eigenvalue weighted by molar-refractivity contribution is -0.145. The zero-order valence-corrected chi connectivity index (χ0v) is 63.7. The SMILES string of the molecule is O=C(O)CCC(NC(=O)NC(CCCCNC(=O)C(Cc1ccc2ccccc2c1)NC(=O)C1CCC(CNC(=O)C(CCCCNC(=O)CN2CCN(CC(=O)O)CCN(CC(=O)O)CCN(CC(=O)O)CC2)NC(=O)CC(NC(=O)CC(NC(=O)CCCc2ccc(I)cc2)C(=O)O)C(=O)O)CC1)C(=O)O)C(=O)O. The third-order valence-corrected chi connectivity index (χ3v) is 19.6. The fourth-order valence-electron chi connectivity index (χ4n) is 12.7. The van der Waals surface area contributed by atoms with Crippen LogP contribution in [0.1, 0.15) is 114 Å². The molecule has 2 fully saturated rings. The molecule has 2 aliphatic rings. The van der Waals surface area contributed by atoms with Crippen LogP contribution in [0.4, 0.5) is 4.79 Å². The van der Waals surface area contributed by atoms with Crippen LogP contribution in [0.15, 0.2) is 66.7 Å². The minimum Gasteiger partial charge on any atom is -0.481 e. The van der Waals surface area contributed by atoms with Crippen molar-refractivity contribution >= 4 is 128 Å². The summed E-state index contributed by atoms with van der Waals surface area (Å²) in [5.41, 5.74) is 1.67. The van der Waals surface area contributed by atoms with Crippen LogP contribution >= 0.6 is 22.6 Å². The van der Waals surface area contributed by atoms with Crippen LogP contribution in [0.25, 0.3) is 10.8 Å². The van der Waals surface area contributed by atoms with Crippen LogP contribution in [-0.4, -0.2) is 290 Å². The summed E-state index contributed by atoms with van der Waals surface area (Å²) >= 11 is 2.15. The number of aryl methyl sites for hydroxylation is 1. The third kappa shape index (κ3) is 36.5. The molecule has 3 aromatic carbocycles. The smallest absolute Gasteiger partial charge is 0.326 e. The van der Waals surface area contributed by atoms with E-state index in [0.717, 1.165) is 25.5 Å². The molecular formula is C73H102IN13O24. The van der Waals surface area contributed by atoms with Gasteiger partial charge in [-0.3, -0.25) is 72.3 Å². The molecule has 5 rings (SSSR count). The maximum atomic E-state index is 14.2. The summed E-state index contributed by atoms with van der Waals surface area (Å²) in [6.07, 6.45) is 0.0567. The van der Waals surface area contributed by atoms with E-state index < -0.39 is 163 Å². The standard InChI is InChI=1S/C73H102IN13O24/c74-51-22-17-45(18-23-51)8-7-13-58(88)79-56(71(107)108)38-60(90)80-57(72(109)110)39-59(89)78-52(11-3-5-26-75-61(91)41-84-28-30-85(42-63(94)95)32-34-87(44-65(98)99)35-33-86(31-29-84)43-64(96)97)67(101)77-40-46-14-20-49(21-15-46)66(100)81-55(37-47-16-19-48-9-1-2-10-50(48)36-47)68(102)76-27-6-4-12-53(69(103)104)82-73(111)83-54(70(105)106)24-25-62(92)93/h1-2,9-10,16-19,22-23,36,46,49,52-57H,3-8,11-15,20-21,24-35,37-44H2,(H,75,91)(H,76,102)(H,77,101)(H,78,89)(H,79,88)(H,80,90)(H,81,100)(H,92,93)(H,94,95)(H,96,97)(H,98,99)(H,103,104)(H,105,106)(H,107,108)(H,109,110)(H2,82,83,111). The Labute approximate surface area is 653 Å². The van der Waals surface area contributed by atoms with Gasteiger partial charge >= 0.3 is 53.8 Å². The molecule has 1 saturated heterocycles. The lowest BCUT2D eigenvalue weighted by Gasteiger charge is -2.32. The summed E-state index contributed by atoms with van der Waals surface area (Å²) in [7, 11) is 0. The van der Waals surface area contributed by atoms with Gasteiger partial charge in [0.2, 0.25) is 41.4 Å². The molecule has 1 aliphatic carbocycles. The number of benzene rings is 3. The number of unbranched alkanes of at least 4 members (excludes halogenated alkanes) is 2. The molecule has 0 aromatic heterocycles. The van der Waals surface area contributed by atoms with Gasteiger partial charge in [-0.25, -0.2) is 24.0 Å². The zero-order chi connectivity index (χ0) is 81.5. The first-order chi connectivity index (χ1) is 52.8. The lowest BCUT2D eigenvalue weighted by Crippen LogP contribution is -2.51. The third-order valence-electron chi connectivity index (χ3n) is 18.8. The highest BCUT2D eigenvalue weighted by Gasteiger charge is 2.34. The normalized spacial score (nSPS) is 17.0. The van der Waals surface area contributed by atoms with Gasteiger partial charge in [0.1, 0.15) is 36.3 Å². The fraction of sp³-hybridized carbons (Fsp3) is 0.562. The van der Waals surface area contributed by atoms with Crippen LogP contribution in [0.3, 0.4) is 0 Å². The molecule has 9 amide bonds. The van der Waals surface area contributed by atoms with E-state index in [9.17, 15) is 112 Å². The first-order valence-corrected chi connectivity index (χ1v) is 37.8. The molecule has 6 unspecified atom stereocenters. The molecule has 0 radical (unpaired) electrons. The second-order valence-electron chi connectivity index (χ2n) is 27.6. The number of carbonyl (C=O) groups is 16. The predicted molar refractivity (Wildman–Crippen MR) is 404 cm³/mol. The second-order valence-corrected chi connectivity index (χ2v) is 28.8. The zero-order valence-electron chi connectivity index (χ0n) is 61.6. The largest absolute Gasteiger partial charge is 0.481 e. The highest BCUT2D eigenvalue weighted by Crippen LogP contribution is 2.29. The number of aliphatic carboxylic acids is 8. The molecule has 38 heteroatoms. The van der Waals surface area contributed by atoms with Gasteiger partial charge in [-0.1, -0.05) is 54.6 Å². The Morgan fingerprint density at radius 3 is 1.35 bits per heavy atom. The second kappa shape index (κ2) is 48.5. The number of carboxylic acid groups (broad SMARTS) is 8. The van der Waals surface area contributed by atoms with E-state index >= 15 is 0 Å². The van der Waals surface area contributed by atoms with E-state index in [1.54, 1.807) is 19.6 Å². The van der Waals surface area contributed by atoms with Crippen molar-refractivity contribution in [2.75, 3.05) is 98.2 Å². The number of halogens is 1. The number of carboxylic acids is 8. The number of hydrogen-bond donors (Lipinski definition) is 17. The van der Waals surface area contributed by atoms with Crippen LogP contribution < -0.4 is 47.9 Å². The van der Waals surface area contributed by atoms with Crippen LogP contribution in [0.2, 0.25) is 0 Å². The maximum Gasteiger partial charge on any atom is 0.326 e. The summed E-state index contributed by atoms with van der Waals surface area (Å²) in [6.45, 7) is 0.196. The van der Waals surface area contributed by atoms with Crippen LogP contribution in [-0.2, 0) is 84.8 Å². The van der Waals surface area contributed by atoms with Crippen LogP contribution in [0, 0.1) is 15.4 Å². The number of fused-ring (bicyclic) bond motifs is 1. The van der Waals surface area contributed by atoms with E-state index in [1.165, 1.54) is 0 Å². The average Bonchev–Trinajstić information content (AvgIpc) is 0.832. The molecule has 0 bridgehead atoms. The number of urea groups is 1. The minimum atomic E-state index is -1.94. The monoisotopic (exact) mass is 1670 g/mol. The number of hydrogen-bond acceptors (Lipinski definition) is 20. The summed E-state index contributed by atoms with van der Waals surface area (Å²) in [4.78, 5) is 209. The van der Waals surface area contributed by atoms with Gasteiger partial charge in [0.25, 0.3) is 0 Å². The Hall–Kier alpha value is -10.2. The van der Waals surface area contributed by atoms with E-state index in [2.05, 4.69) is 70.4 Å². The first kappa shape index (κ1) is 91.4. The van der Waals surface area contributed by atoms with Crippen molar-refractivity contribution in [1.82, 2.24) is 67.5 Å². The fourth-order valence-corrected chi connectivity index (χ4v) is 13.1. The van der Waals surface area contributed by atoms with Crippen molar-refractivity contribution in [2.45, 2.75) is 152 Å². The number of amides is 9. The molecule has 1 aliphatic heterocycles. The van der Waals surface area contributed by atoms with Gasteiger partial charge in [0, 0.05) is 101 Å². The van der Waals surface area contributed by atoms with Gasteiger partial charge in [0.05, 0.1) is 39.0 Å².